The maximum Gasteiger partial charge on any atom is 0.339 e. The molecular weight excluding hydrogens is 314 g/mol. The maximum atomic E-state index is 12.9. The number of carbonyl (C=O) groups excluding carboxylic acids is 1. The first-order valence-corrected chi connectivity index (χ1v) is 8.82. The minimum Gasteiger partial charge on any atom is -0.456 e. The first-order valence-electron chi connectivity index (χ1n) is 8.82. The number of ether oxygens (including phenoxy) is 2. The summed E-state index contributed by atoms with van der Waals surface area (Å²) in [7, 11) is 0. The van der Waals surface area contributed by atoms with E-state index in [4.69, 9.17) is 9.47 Å². The first kappa shape index (κ1) is 16.1. The molecule has 0 bridgehead atoms. The van der Waals surface area contributed by atoms with E-state index in [0.717, 1.165) is 54.4 Å². The molecule has 1 aliphatic heterocycles. The van der Waals surface area contributed by atoms with Gasteiger partial charge in [0.1, 0.15) is 26.2 Å². The van der Waals surface area contributed by atoms with Gasteiger partial charge in [-0.3, -0.25) is 0 Å². The van der Waals surface area contributed by atoms with E-state index in [2.05, 4.69) is 6.07 Å². The fourth-order valence-electron chi connectivity index (χ4n) is 3.50. The molecule has 0 atom stereocenters. The highest BCUT2D eigenvalue weighted by Gasteiger charge is 2.18. The second-order valence-electron chi connectivity index (χ2n) is 6.44. The van der Waals surface area contributed by atoms with Gasteiger partial charge in [-0.1, -0.05) is 48.5 Å². The number of esters is 1. The van der Waals surface area contributed by atoms with Crippen LogP contribution in [0.25, 0.3) is 21.5 Å². The molecule has 1 aliphatic rings. The van der Waals surface area contributed by atoms with Gasteiger partial charge in [0.05, 0.1) is 18.8 Å². The number of nitrogens with one attached hydrogen (secondary N) is 1. The molecule has 3 aromatic rings. The average molecular weight is 336 g/mol. The van der Waals surface area contributed by atoms with Gasteiger partial charge in [-0.05, 0) is 27.6 Å². The summed E-state index contributed by atoms with van der Waals surface area (Å²) in [4.78, 5) is 14.3. The van der Waals surface area contributed by atoms with Crippen molar-refractivity contribution in [1.29, 1.82) is 0 Å². The molecule has 4 rings (SSSR count). The number of benzene rings is 3. The summed E-state index contributed by atoms with van der Waals surface area (Å²) in [6, 6.07) is 18.1. The van der Waals surface area contributed by atoms with Crippen LogP contribution < -0.4 is 4.90 Å². The van der Waals surface area contributed by atoms with Crippen LogP contribution in [-0.4, -0.2) is 45.4 Å². The molecule has 4 heteroatoms. The monoisotopic (exact) mass is 336 g/mol. The van der Waals surface area contributed by atoms with Crippen molar-refractivity contribution in [3.63, 3.8) is 0 Å². The molecule has 4 nitrogen and oxygen atoms in total. The van der Waals surface area contributed by atoms with Crippen LogP contribution in [0.15, 0.2) is 54.6 Å². The van der Waals surface area contributed by atoms with E-state index in [1.165, 1.54) is 4.90 Å². The van der Waals surface area contributed by atoms with E-state index in [1.54, 1.807) is 0 Å². The van der Waals surface area contributed by atoms with Gasteiger partial charge < -0.3 is 14.4 Å². The van der Waals surface area contributed by atoms with Crippen molar-refractivity contribution in [2.45, 2.75) is 0 Å². The molecule has 0 aromatic heterocycles. The van der Waals surface area contributed by atoms with Crippen molar-refractivity contribution in [3.8, 4) is 0 Å². The lowest BCUT2D eigenvalue weighted by Crippen LogP contribution is -3.14. The van der Waals surface area contributed by atoms with Crippen molar-refractivity contribution in [2.24, 2.45) is 0 Å². The highest BCUT2D eigenvalue weighted by atomic mass is 16.5. The summed E-state index contributed by atoms with van der Waals surface area (Å²) in [5.74, 6) is -0.236. The Morgan fingerprint density at radius 3 is 2.20 bits per heavy atom. The number of fused-ring (bicyclic) bond motifs is 2. The summed E-state index contributed by atoms with van der Waals surface area (Å²) in [5.41, 5.74) is 0.672. The molecule has 128 valence electrons. The Morgan fingerprint density at radius 2 is 1.56 bits per heavy atom. The second-order valence-corrected chi connectivity index (χ2v) is 6.44. The van der Waals surface area contributed by atoms with Gasteiger partial charge in [-0.25, -0.2) is 4.79 Å². The van der Waals surface area contributed by atoms with Gasteiger partial charge in [0.2, 0.25) is 0 Å². The molecule has 3 aromatic carbocycles. The van der Waals surface area contributed by atoms with Gasteiger partial charge >= 0.3 is 5.97 Å². The van der Waals surface area contributed by atoms with E-state index < -0.39 is 0 Å². The summed E-state index contributed by atoms with van der Waals surface area (Å²) >= 11 is 0. The molecule has 25 heavy (non-hydrogen) atoms. The third-order valence-corrected chi connectivity index (χ3v) is 4.86. The molecule has 0 spiro atoms. The lowest BCUT2D eigenvalue weighted by atomic mass is 9.97. The topological polar surface area (TPSA) is 40.0 Å². The quantitative estimate of drug-likeness (QED) is 0.586. The highest BCUT2D eigenvalue weighted by molar-refractivity contribution is 6.16. The Morgan fingerprint density at radius 1 is 0.960 bits per heavy atom. The highest BCUT2D eigenvalue weighted by Crippen LogP contribution is 2.28. The van der Waals surface area contributed by atoms with Crippen molar-refractivity contribution >= 4 is 27.5 Å². The number of rotatable bonds is 4. The van der Waals surface area contributed by atoms with Crippen molar-refractivity contribution in [3.05, 3.63) is 60.2 Å². The first-order chi connectivity index (χ1) is 12.3. The van der Waals surface area contributed by atoms with Gasteiger partial charge in [-0.15, -0.1) is 0 Å². The van der Waals surface area contributed by atoms with E-state index in [9.17, 15) is 4.79 Å². The van der Waals surface area contributed by atoms with Crippen LogP contribution in [0.1, 0.15) is 10.4 Å². The predicted molar refractivity (Wildman–Crippen MR) is 98.1 cm³/mol. The summed E-state index contributed by atoms with van der Waals surface area (Å²) in [5, 5.41) is 4.02. The zero-order valence-corrected chi connectivity index (χ0v) is 14.2. The van der Waals surface area contributed by atoms with E-state index in [-0.39, 0.29) is 5.97 Å². The second kappa shape index (κ2) is 7.21. The van der Waals surface area contributed by atoms with Gasteiger partial charge in [0, 0.05) is 0 Å². The molecule has 1 heterocycles. The van der Waals surface area contributed by atoms with Crippen LogP contribution in [0.5, 0.6) is 0 Å². The van der Waals surface area contributed by atoms with E-state index in [1.807, 2.05) is 48.5 Å². The Balaban J connectivity index is 1.60. The number of hydrogen-bond acceptors (Lipinski definition) is 3. The van der Waals surface area contributed by atoms with Crippen molar-refractivity contribution in [1.82, 2.24) is 0 Å². The fourth-order valence-corrected chi connectivity index (χ4v) is 3.50. The molecular formula is C21H22NO3+. The zero-order valence-electron chi connectivity index (χ0n) is 14.2. The predicted octanol–water partition coefficient (Wildman–Crippen LogP) is 2.06. The third kappa shape index (κ3) is 3.36. The third-order valence-electron chi connectivity index (χ3n) is 4.86. The average Bonchev–Trinajstić information content (AvgIpc) is 2.66. The summed E-state index contributed by atoms with van der Waals surface area (Å²) in [6.45, 7) is 4.81. The largest absolute Gasteiger partial charge is 0.456 e. The van der Waals surface area contributed by atoms with Gasteiger partial charge in [-0.2, -0.15) is 0 Å². The Kier molecular flexibility index (Phi) is 4.63. The van der Waals surface area contributed by atoms with Gasteiger partial charge in [0.25, 0.3) is 0 Å². The molecule has 1 fully saturated rings. The van der Waals surface area contributed by atoms with Crippen molar-refractivity contribution in [2.75, 3.05) is 39.5 Å². The van der Waals surface area contributed by atoms with Crippen LogP contribution in [0.3, 0.4) is 0 Å². The molecule has 0 amide bonds. The lowest BCUT2D eigenvalue weighted by molar-refractivity contribution is -0.908. The number of quaternary nitrogens is 1. The SMILES string of the molecule is O=C(OCC[NH+]1CCOCC1)c1c2ccccc2cc2ccccc12. The maximum absolute atomic E-state index is 12.9. The number of hydrogen-bond donors (Lipinski definition) is 1. The standard InChI is InChI=1S/C21H21NO3/c23-21(25-14-11-22-9-12-24-13-10-22)20-18-7-3-1-5-16(18)15-17-6-2-4-8-19(17)20/h1-8,15H,9-14H2/p+1. The summed E-state index contributed by atoms with van der Waals surface area (Å²) < 4.78 is 11.0. The zero-order chi connectivity index (χ0) is 17.1. The summed E-state index contributed by atoms with van der Waals surface area (Å²) in [6.07, 6.45) is 0. The minimum atomic E-state index is -0.236. The van der Waals surface area contributed by atoms with Crippen LogP contribution in [0, 0.1) is 0 Å². The Hall–Kier alpha value is -2.43. The van der Waals surface area contributed by atoms with E-state index in [0.29, 0.717) is 12.2 Å². The molecule has 0 saturated carbocycles. The van der Waals surface area contributed by atoms with Gasteiger partial charge in [0.15, 0.2) is 0 Å². The van der Waals surface area contributed by atoms with Crippen LogP contribution in [0.4, 0.5) is 0 Å². The lowest BCUT2D eigenvalue weighted by Gasteiger charge is -2.23. The fraction of sp³-hybridized carbons (Fsp3) is 0.286. The van der Waals surface area contributed by atoms with Crippen LogP contribution >= 0.6 is 0 Å². The minimum absolute atomic E-state index is 0.236. The smallest absolute Gasteiger partial charge is 0.339 e. The molecule has 0 aliphatic carbocycles. The molecule has 1 N–H and O–H groups in total. The van der Waals surface area contributed by atoms with Crippen LogP contribution in [0.2, 0.25) is 0 Å². The Labute approximate surface area is 146 Å². The normalized spacial score (nSPS) is 15.5. The molecule has 1 saturated heterocycles. The van der Waals surface area contributed by atoms with Crippen molar-refractivity contribution < 1.29 is 19.2 Å². The number of morpholine rings is 1. The Bertz CT molecular complexity index is 846. The number of carbonyl (C=O) groups is 1. The van der Waals surface area contributed by atoms with E-state index >= 15 is 0 Å². The molecule has 0 unspecified atom stereocenters. The molecule has 0 radical (unpaired) electrons. The van der Waals surface area contributed by atoms with Crippen LogP contribution in [-0.2, 0) is 9.47 Å².